The van der Waals surface area contributed by atoms with Gasteiger partial charge in [0.25, 0.3) is 0 Å². The van der Waals surface area contributed by atoms with Crippen molar-refractivity contribution in [1.29, 1.82) is 0 Å². The Kier molecular flexibility index (Phi) is 10.1. The first-order chi connectivity index (χ1) is 18.4. The number of carbonyl (C=O) groups excluding carboxylic acids is 2. The minimum Gasteiger partial charge on any atom is -0.497 e. The minimum absolute atomic E-state index is 0.105. The van der Waals surface area contributed by atoms with E-state index in [-0.39, 0.29) is 30.5 Å². The Hall–Kier alpha value is -2.94. The molecular weight excluding hydrogens is 610 g/mol. The van der Waals surface area contributed by atoms with E-state index in [1.807, 2.05) is 60.0 Å². The molecule has 0 aliphatic rings. The third kappa shape index (κ3) is 7.79. The molecule has 0 fully saturated rings. The highest BCUT2D eigenvalue weighted by molar-refractivity contribution is 9.10. The van der Waals surface area contributed by atoms with Crippen LogP contribution in [0.25, 0.3) is 5.69 Å². The lowest BCUT2D eigenvalue weighted by molar-refractivity contribution is -0.120. The number of benzene rings is 2. The molecule has 198 valence electrons. The highest BCUT2D eigenvalue weighted by Gasteiger charge is 2.18. The third-order valence-corrected chi connectivity index (χ3v) is 8.32. The Morgan fingerprint density at radius 1 is 1.00 bits per heavy atom. The number of nitrogens with zero attached hydrogens (tertiary/aromatic N) is 5. The van der Waals surface area contributed by atoms with Gasteiger partial charge in [-0.05, 0) is 47.7 Å². The van der Waals surface area contributed by atoms with Crippen LogP contribution < -0.4 is 15.4 Å². The Bertz CT molecular complexity index is 1380. The number of anilines is 1. The van der Waals surface area contributed by atoms with Crippen LogP contribution in [0.1, 0.15) is 18.3 Å². The molecule has 2 N–H and O–H groups in total. The normalized spacial score (nSPS) is 10.8. The van der Waals surface area contributed by atoms with Crippen molar-refractivity contribution in [3.05, 3.63) is 64.4 Å². The molecule has 4 aromatic rings. The predicted molar refractivity (Wildman–Crippen MR) is 153 cm³/mol. The molecule has 10 nitrogen and oxygen atoms in total. The second-order valence-electron chi connectivity index (χ2n) is 7.66. The Morgan fingerprint density at radius 2 is 1.76 bits per heavy atom. The molecular formula is C24H24BrN7O3S3. The number of nitrogens with one attached hydrogen (secondary N) is 2. The highest BCUT2D eigenvalue weighted by Crippen LogP contribution is 2.26. The number of hydrogen-bond acceptors (Lipinski definition) is 10. The van der Waals surface area contributed by atoms with Crippen LogP contribution in [0.4, 0.5) is 5.13 Å². The van der Waals surface area contributed by atoms with Gasteiger partial charge in [-0.1, -0.05) is 69.8 Å². The van der Waals surface area contributed by atoms with Crippen molar-refractivity contribution in [2.45, 2.75) is 29.4 Å². The summed E-state index contributed by atoms with van der Waals surface area (Å²) in [6.07, 6.45) is 0.224. The van der Waals surface area contributed by atoms with Crippen molar-refractivity contribution >= 4 is 67.7 Å². The average molecular weight is 635 g/mol. The first-order valence-electron chi connectivity index (χ1n) is 11.4. The second kappa shape index (κ2) is 13.7. The Morgan fingerprint density at radius 3 is 2.47 bits per heavy atom. The van der Waals surface area contributed by atoms with Crippen LogP contribution in [0, 0.1) is 0 Å². The van der Waals surface area contributed by atoms with Crippen molar-refractivity contribution in [3.8, 4) is 11.4 Å². The number of methoxy groups -OCH3 is 1. The van der Waals surface area contributed by atoms with E-state index >= 15 is 0 Å². The zero-order chi connectivity index (χ0) is 26.9. The summed E-state index contributed by atoms with van der Waals surface area (Å²) in [4.78, 5) is 25.1. The highest BCUT2D eigenvalue weighted by atomic mass is 79.9. The number of amides is 2. The van der Waals surface area contributed by atoms with Crippen LogP contribution in [0.5, 0.6) is 5.75 Å². The summed E-state index contributed by atoms with van der Waals surface area (Å²) >= 11 is 7.61. The monoisotopic (exact) mass is 633 g/mol. The van der Waals surface area contributed by atoms with Gasteiger partial charge in [0.15, 0.2) is 15.3 Å². The number of ether oxygens (including phenoxy) is 1. The zero-order valence-electron chi connectivity index (χ0n) is 20.5. The van der Waals surface area contributed by atoms with Gasteiger partial charge in [0.2, 0.25) is 16.9 Å². The van der Waals surface area contributed by atoms with E-state index in [9.17, 15) is 9.59 Å². The molecule has 0 bridgehead atoms. The fourth-order valence-corrected chi connectivity index (χ4v) is 5.95. The largest absolute Gasteiger partial charge is 0.497 e. The van der Waals surface area contributed by atoms with Crippen LogP contribution in [0.3, 0.4) is 0 Å². The number of rotatable bonds is 12. The number of hydrogen-bond donors (Lipinski definition) is 2. The zero-order valence-corrected chi connectivity index (χ0v) is 24.5. The van der Waals surface area contributed by atoms with Crippen molar-refractivity contribution in [2.24, 2.45) is 0 Å². The lowest BCUT2D eigenvalue weighted by Gasteiger charge is -2.11. The summed E-state index contributed by atoms with van der Waals surface area (Å²) in [6, 6.07) is 15.0. The van der Waals surface area contributed by atoms with Gasteiger partial charge in [0, 0.05) is 10.2 Å². The second-order valence-corrected chi connectivity index (χ2v) is 12.0. The maximum Gasteiger partial charge on any atom is 0.236 e. The van der Waals surface area contributed by atoms with Crippen LogP contribution in [-0.2, 0) is 22.6 Å². The van der Waals surface area contributed by atoms with Gasteiger partial charge >= 0.3 is 0 Å². The molecule has 4 rings (SSSR count). The van der Waals surface area contributed by atoms with Crippen molar-refractivity contribution in [1.82, 2.24) is 30.3 Å². The summed E-state index contributed by atoms with van der Waals surface area (Å²) < 4.78 is 8.73. The van der Waals surface area contributed by atoms with Crippen LogP contribution in [-0.4, -0.2) is 55.4 Å². The number of thioether (sulfide) groups is 2. The lowest BCUT2D eigenvalue weighted by Crippen LogP contribution is -2.26. The number of aromatic nitrogens is 5. The van der Waals surface area contributed by atoms with E-state index in [1.165, 1.54) is 23.1 Å². The third-order valence-electron chi connectivity index (χ3n) is 5.01. The Balaban J connectivity index is 1.42. The van der Waals surface area contributed by atoms with Crippen molar-refractivity contribution in [3.63, 3.8) is 0 Å². The summed E-state index contributed by atoms with van der Waals surface area (Å²) in [7, 11) is 1.60. The summed E-state index contributed by atoms with van der Waals surface area (Å²) in [6.45, 7) is 2.20. The Labute approximate surface area is 240 Å². The van der Waals surface area contributed by atoms with Gasteiger partial charge in [-0.25, -0.2) is 0 Å². The molecule has 0 unspecified atom stereocenters. The number of carbonyl (C=O) groups is 2. The molecule has 0 atom stereocenters. The molecule has 0 aliphatic carbocycles. The predicted octanol–water partition coefficient (Wildman–Crippen LogP) is 4.59. The minimum atomic E-state index is -0.223. The SMILES string of the molecule is CCSc1nnc(NC(=O)CSc2nnc(CNC(=O)Cc3ccc(OC)cc3)n2-c2ccc(Br)cc2)s1. The first kappa shape index (κ1) is 28.1. The van der Waals surface area contributed by atoms with Gasteiger partial charge in [-0.3, -0.25) is 19.5 Å². The molecule has 2 aromatic carbocycles. The molecule has 0 aliphatic heterocycles. The van der Waals surface area contributed by atoms with Crippen molar-refractivity contribution in [2.75, 3.05) is 23.9 Å². The molecule has 2 heterocycles. The molecule has 0 radical (unpaired) electrons. The fraction of sp³-hybridized carbons (Fsp3) is 0.250. The summed E-state index contributed by atoms with van der Waals surface area (Å²) in [5, 5.41) is 23.3. The quantitative estimate of drug-likeness (QED) is 0.170. The van der Waals surface area contributed by atoms with Crippen molar-refractivity contribution < 1.29 is 14.3 Å². The van der Waals surface area contributed by atoms with Crippen LogP contribution in [0.15, 0.2) is 62.5 Å². The van der Waals surface area contributed by atoms with E-state index in [2.05, 4.69) is 47.0 Å². The standard InChI is InChI=1S/C24H24BrN7O3S3/c1-3-36-24-31-29-22(38-24)27-21(34)14-37-23-30-28-19(32(23)17-8-6-16(25)7-9-17)13-26-20(33)12-15-4-10-18(35-2)11-5-15/h4-11H,3,12-14H2,1-2H3,(H,26,33)(H,27,29,34). The molecule has 2 amide bonds. The molecule has 0 saturated heterocycles. The van der Waals surface area contributed by atoms with Crippen LogP contribution in [0.2, 0.25) is 0 Å². The average Bonchev–Trinajstić information content (AvgIpc) is 3.54. The smallest absolute Gasteiger partial charge is 0.236 e. The van der Waals surface area contributed by atoms with Gasteiger partial charge in [0.05, 0.1) is 25.8 Å². The maximum absolute atomic E-state index is 12.6. The maximum atomic E-state index is 12.6. The van der Waals surface area contributed by atoms with Gasteiger partial charge in [-0.2, -0.15) is 0 Å². The topological polar surface area (TPSA) is 124 Å². The van der Waals surface area contributed by atoms with Gasteiger partial charge < -0.3 is 10.1 Å². The van der Waals surface area contributed by atoms with Gasteiger partial charge in [-0.15, -0.1) is 20.4 Å². The molecule has 2 aromatic heterocycles. The van der Waals surface area contributed by atoms with E-state index in [1.54, 1.807) is 18.9 Å². The van der Waals surface area contributed by atoms with Gasteiger partial charge in [0.1, 0.15) is 5.75 Å². The molecule has 14 heteroatoms. The fourth-order valence-electron chi connectivity index (χ4n) is 3.25. The van der Waals surface area contributed by atoms with E-state index in [4.69, 9.17) is 4.74 Å². The van der Waals surface area contributed by atoms with Crippen LogP contribution >= 0.6 is 50.8 Å². The summed E-state index contributed by atoms with van der Waals surface area (Å²) in [5.41, 5.74) is 1.68. The number of halogens is 1. The van der Waals surface area contributed by atoms with E-state index in [0.717, 1.165) is 31.6 Å². The molecule has 0 saturated carbocycles. The lowest BCUT2D eigenvalue weighted by atomic mass is 10.1. The van der Waals surface area contributed by atoms with E-state index < -0.39 is 0 Å². The molecule has 0 spiro atoms. The summed E-state index contributed by atoms with van der Waals surface area (Å²) in [5.74, 6) is 1.90. The molecule has 38 heavy (non-hydrogen) atoms. The van der Waals surface area contributed by atoms with E-state index in [0.29, 0.717) is 16.1 Å². The first-order valence-corrected chi connectivity index (χ1v) is 15.0.